The van der Waals surface area contributed by atoms with Crippen LogP contribution in [-0.2, 0) is 9.53 Å². The van der Waals surface area contributed by atoms with Gasteiger partial charge in [-0.1, -0.05) is 103 Å². The molecule has 0 radical (unpaired) electrons. The molecule has 0 aromatic heterocycles. The average molecular weight is 517 g/mol. The van der Waals surface area contributed by atoms with E-state index in [2.05, 4.69) is 64.2 Å². The zero-order valence-corrected chi connectivity index (χ0v) is 25.5. The second-order valence-electron chi connectivity index (χ2n) is 10.9. The number of carbonyl (C=O) groups excluding carboxylic acids is 1. The van der Waals surface area contributed by atoms with Crippen molar-refractivity contribution in [2.24, 2.45) is 5.92 Å². The van der Waals surface area contributed by atoms with Crippen LogP contribution in [0.15, 0.2) is 36.5 Å². The molecular formula is C35H64O2. The van der Waals surface area contributed by atoms with E-state index in [0.29, 0.717) is 12.3 Å². The molecule has 0 saturated carbocycles. The Balaban J connectivity index is 4.95. The minimum Gasteiger partial charge on any atom is -0.462 e. The highest BCUT2D eigenvalue weighted by Crippen LogP contribution is 2.27. The Morgan fingerprint density at radius 1 is 0.514 bits per heavy atom. The molecule has 0 bridgehead atoms. The molecule has 0 aliphatic heterocycles. The van der Waals surface area contributed by atoms with Crippen molar-refractivity contribution in [2.75, 3.05) is 0 Å². The van der Waals surface area contributed by atoms with Crippen LogP contribution in [0.4, 0.5) is 0 Å². The topological polar surface area (TPSA) is 26.3 Å². The fourth-order valence-electron chi connectivity index (χ4n) is 4.84. The van der Waals surface area contributed by atoms with Gasteiger partial charge in [-0.15, -0.1) is 0 Å². The van der Waals surface area contributed by atoms with Gasteiger partial charge in [0.25, 0.3) is 0 Å². The molecule has 0 aromatic carbocycles. The molecule has 216 valence electrons. The molecule has 0 saturated heterocycles. The lowest BCUT2D eigenvalue weighted by molar-refractivity contribution is -0.152. The zero-order chi connectivity index (χ0) is 27.2. The predicted octanol–water partition coefficient (Wildman–Crippen LogP) is 11.8. The molecule has 0 rings (SSSR count). The molecule has 2 atom stereocenters. The van der Waals surface area contributed by atoms with E-state index in [1.807, 2.05) is 0 Å². The van der Waals surface area contributed by atoms with Gasteiger partial charge >= 0.3 is 5.97 Å². The summed E-state index contributed by atoms with van der Waals surface area (Å²) in [4.78, 5) is 12.5. The van der Waals surface area contributed by atoms with Crippen molar-refractivity contribution in [3.05, 3.63) is 36.5 Å². The molecule has 2 heteroatoms. The molecule has 37 heavy (non-hydrogen) atoms. The third-order valence-corrected chi connectivity index (χ3v) is 7.20. The fraction of sp³-hybridized carbons (Fsp3) is 0.800. The highest BCUT2D eigenvalue weighted by Gasteiger charge is 2.24. The van der Waals surface area contributed by atoms with Crippen LogP contribution in [0.3, 0.4) is 0 Å². The van der Waals surface area contributed by atoms with Gasteiger partial charge in [-0.2, -0.15) is 0 Å². The molecule has 2 unspecified atom stereocenters. The number of hydrogen-bond acceptors (Lipinski definition) is 2. The van der Waals surface area contributed by atoms with Gasteiger partial charge in [-0.05, 0) is 102 Å². The van der Waals surface area contributed by atoms with Gasteiger partial charge in [0.15, 0.2) is 0 Å². The predicted molar refractivity (Wildman–Crippen MR) is 165 cm³/mol. The van der Waals surface area contributed by atoms with Crippen LogP contribution >= 0.6 is 0 Å². The Labute approximate surface area is 232 Å². The standard InChI is InChI=1S/C35H64O2/c1-5-9-12-15-18-21-23-26-30-33(31-27-24-22-19-16-13-10-6-2)34(37-35(36)29-8-4)32-28-25-20-17-14-11-7-3/h18-22,25,33-34H,5-17,23-24,26-32H2,1-4H3/b21-18-,22-19?,25-20?. The Hall–Kier alpha value is -1.31. The molecule has 0 aliphatic carbocycles. The first-order valence-electron chi connectivity index (χ1n) is 16.3. The Morgan fingerprint density at radius 2 is 0.919 bits per heavy atom. The number of hydrogen-bond donors (Lipinski definition) is 0. The maximum atomic E-state index is 12.5. The van der Waals surface area contributed by atoms with E-state index in [0.717, 1.165) is 44.9 Å². The lowest BCUT2D eigenvalue weighted by Crippen LogP contribution is -2.27. The molecule has 0 aromatic rings. The number of ether oxygens (including phenoxy) is 1. The van der Waals surface area contributed by atoms with Gasteiger partial charge in [0.05, 0.1) is 0 Å². The van der Waals surface area contributed by atoms with E-state index in [4.69, 9.17) is 4.74 Å². The molecule has 0 fully saturated rings. The van der Waals surface area contributed by atoms with Crippen molar-refractivity contribution in [3.8, 4) is 0 Å². The van der Waals surface area contributed by atoms with Gasteiger partial charge in [0.2, 0.25) is 0 Å². The summed E-state index contributed by atoms with van der Waals surface area (Å²) < 4.78 is 6.13. The molecule has 0 heterocycles. The lowest BCUT2D eigenvalue weighted by Gasteiger charge is -2.27. The third-order valence-electron chi connectivity index (χ3n) is 7.20. The van der Waals surface area contributed by atoms with Crippen molar-refractivity contribution in [1.29, 1.82) is 0 Å². The second kappa shape index (κ2) is 29.2. The van der Waals surface area contributed by atoms with Crippen LogP contribution in [0.2, 0.25) is 0 Å². The van der Waals surface area contributed by atoms with Gasteiger partial charge in [0.1, 0.15) is 6.10 Å². The summed E-state index contributed by atoms with van der Waals surface area (Å²) in [6, 6.07) is 0. The molecule has 0 spiro atoms. The molecule has 0 amide bonds. The number of esters is 1. The molecular weight excluding hydrogens is 452 g/mol. The highest BCUT2D eigenvalue weighted by atomic mass is 16.5. The summed E-state index contributed by atoms with van der Waals surface area (Å²) >= 11 is 0. The zero-order valence-electron chi connectivity index (χ0n) is 25.5. The SMILES string of the molecule is CCCCCC=CCCCC(CCC/C=C\CCCCC)C(CCC=CCCCCC)OC(=O)CCC. The highest BCUT2D eigenvalue weighted by molar-refractivity contribution is 5.69. The van der Waals surface area contributed by atoms with Crippen LogP contribution in [0.5, 0.6) is 0 Å². The lowest BCUT2D eigenvalue weighted by atomic mass is 9.88. The van der Waals surface area contributed by atoms with Gasteiger partial charge in [0, 0.05) is 6.42 Å². The van der Waals surface area contributed by atoms with Crippen LogP contribution in [0, 0.1) is 5.92 Å². The van der Waals surface area contributed by atoms with Crippen LogP contribution < -0.4 is 0 Å². The van der Waals surface area contributed by atoms with Gasteiger partial charge in [-0.25, -0.2) is 0 Å². The third kappa shape index (κ3) is 24.8. The molecule has 2 nitrogen and oxygen atoms in total. The fourth-order valence-corrected chi connectivity index (χ4v) is 4.84. The number of unbranched alkanes of at least 4 members (excludes halogenated alkanes) is 11. The van der Waals surface area contributed by atoms with Crippen molar-refractivity contribution >= 4 is 5.97 Å². The van der Waals surface area contributed by atoms with Crippen LogP contribution in [0.1, 0.15) is 169 Å². The minimum atomic E-state index is -0.00364. The maximum absolute atomic E-state index is 12.5. The van der Waals surface area contributed by atoms with E-state index in [9.17, 15) is 4.79 Å². The first-order chi connectivity index (χ1) is 18.2. The first-order valence-corrected chi connectivity index (χ1v) is 16.3. The largest absolute Gasteiger partial charge is 0.462 e. The van der Waals surface area contributed by atoms with Crippen molar-refractivity contribution in [1.82, 2.24) is 0 Å². The minimum absolute atomic E-state index is 0.00364. The summed E-state index contributed by atoms with van der Waals surface area (Å²) in [7, 11) is 0. The summed E-state index contributed by atoms with van der Waals surface area (Å²) in [6.07, 6.45) is 39.9. The quantitative estimate of drug-likeness (QED) is 0.0616. The summed E-state index contributed by atoms with van der Waals surface area (Å²) in [5.41, 5.74) is 0. The van der Waals surface area contributed by atoms with E-state index in [1.54, 1.807) is 0 Å². The maximum Gasteiger partial charge on any atom is 0.306 e. The molecule has 0 aliphatic rings. The number of allylic oxidation sites excluding steroid dienone is 6. The van der Waals surface area contributed by atoms with Gasteiger partial charge < -0.3 is 4.74 Å². The Morgan fingerprint density at radius 3 is 1.32 bits per heavy atom. The molecule has 0 N–H and O–H groups in total. The Kier molecular flexibility index (Phi) is 28.2. The van der Waals surface area contributed by atoms with E-state index in [-0.39, 0.29) is 12.1 Å². The van der Waals surface area contributed by atoms with Crippen LogP contribution in [-0.4, -0.2) is 12.1 Å². The summed E-state index contributed by atoms with van der Waals surface area (Å²) in [6.45, 7) is 8.84. The van der Waals surface area contributed by atoms with E-state index < -0.39 is 0 Å². The summed E-state index contributed by atoms with van der Waals surface area (Å²) in [5.74, 6) is 0.465. The van der Waals surface area contributed by atoms with Crippen LogP contribution in [0.25, 0.3) is 0 Å². The van der Waals surface area contributed by atoms with Crippen molar-refractivity contribution < 1.29 is 9.53 Å². The number of carbonyl (C=O) groups is 1. The monoisotopic (exact) mass is 516 g/mol. The Bertz CT molecular complexity index is 534. The summed E-state index contributed by atoms with van der Waals surface area (Å²) in [5, 5.41) is 0. The second-order valence-corrected chi connectivity index (χ2v) is 10.9. The average Bonchev–Trinajstić information content (AvgIpc) is 2.89. The van der Waals surface area contributed by atoms with E-state index in [1.165, 1.54) is 89.9 Å². The van der Waals surface area contributed by atoms with Crippen molar-refractivity contribution in [2.45, 2.75) is 175 Å². The van der Waals surface area contributed by atoms with Crippen molar-refractivity contribution in [3.63, 3.8) is 0 Å². The van der Waals surface area contributed by atoms with E-state index >= 15 is 0 Å². The normalized spacial score (nSPS) is 13.7. The first kappa shape index (κ1) is 35.7. The number of rotatable bonds is 27. The van der Waals surface area contributed by atoms with Gasteiger partial charge in [-0.3, -0.25) is 4.79 Å². The smallest absolute Gasteiger partial charge is 0.306 e.